The van der Waals surface area contributed by atoms with Gasteiger partial charge in [0, 0.05) is 0 Å². The summed E-state index contributed by atoms with van der Waals surface area (Å²) < 4.78 is 10.4. The normalized spacial score (nSPS) is 12.9. The van der Waals surface area contributed by atoms with Crippen molar-refractivity contribution in [3.05, 3.63) is 95.1 Å². The summed E-state index contributed by atoms with van der Waals surface area (Å²) in [7, 11) is 1.55. The number of carbonyl (C=O) groups is 3. The van der Waals surface area contributed by atoms with Gasteiger partial charge in [-0.05, 0) is 66.2 Å². The number of esters is 1. The number of benzene rings is 3. The number of imide groups is 1. The Labute approximate surface area is 172 Å². The average Bonchev–Trinajstić information content (AvgIpc) is 3.03. The number of hydrazone groups is 1. The Morgan fingerprint density at radius 2 is 1.40 bits per heavy atom. The van der Waals surface area contributed by atoms with Crippen molar-refractivity contribution in [3.63, 3.8) is 0 Å². The lowest BCUT2D eigenvalue weighted by Crippen LogP contribution is -2.23. The van der Waals surface area contributed by atoms with Crippen LogP contribution in [0.25, 0.3) is 0 Å². The van der Waals surface area contributed by atoms with Gasteiger partial charge in [-0.2, -0.15) is 10.1 Å². The SMILES string of the molecule is COc1ccc(C(=O)Oc2ccc(C=NN3C(=O)c4ccccc4C3=O)cc2)cc1. The van der Waals surface area contributed by atoms with Crippen LogP contribution < -0.4 is 9.47 Å². The van der Waals surface area contributed by atoms with Crippen LogP contribution in [-0.2, 0) is 0 Å². The van der Waals surface area contributed by atoms with Crippen molar-refractivity contribution in [2.24, 2.45) is 5.10 Å². The lowest BCUT2D eigenvalue weighted by Gasteiger charge is -2.07. The number of methoxy groups -OCH3 is 1. The first-order valence-electron chi connectivity index (χ1n) is 9.05. The van der Waals surface area contributed by atoms with Gasteiger partial charge in [0.25, 0.3) is 11.8 Å². The highest BCUT2D eigenvalue weighted by atomic mass is 16.5. The number of ether oxygens (including phenoxy) is 2. The Bertz CT molecular complexity index is 1120. The minimum Gasteiger partial charge on any atom is -0.497 e. The Morgan fingerprint density at radius 1 is 0.833 bits per heavy atom. The van der Waals surface area contributed by atoms with Crippen LogP contribution in [0.15, 0.2) is 77.9 Å². The molecule has 0 spiro atoms. The molecule has 0 unspecified atom stereocenters. The van der Waals surface area contributed by atoms with E-state index in [0.717, 1.165) is 5.01 Å². The van der Waals surface area contributed by atoms with E-state index in [0.29, 0.717) is 33.8 Å². The molecule has 7 heteroatoms. The molecule has 0 N–H and O–H groups in total. The summed E-state index contributed by atoms with van der Waals surface area (Å²) >= 11 is 0. The lowest BCUT2D eigenvalue weighted by molar-refractivity contribution is 0.0658. The van der Waals surface area contributed by atoms with E-state index in [1.807, 2.05) is 0 Å². The van der Waals surface area contributed by atoms with E-state index >= 15 is 0 Å². The van der Waals surface area contributed by atoms with Crippen LogP contribution >= 0.6 is 0 Å². The summed E-state index contributed by atoms with van der Waals surface area (Å²) in [6, 6.07) is 19.7. The zero-order valence-corrected chi connectivity index (χ0v) is 15.9. The Kier molecular flexibility index (Phi) is 5.09. The van der Waals surface area contributed by atoms with Crippen molar-refractivity contribution in [2.45, 2.75) is 0 Å². The Hall–Kier alpha value is -4.26. The minimum absolute atomic E-state index is 0.334. The molecule has 0 atom stereocenters. The quantitative estimate of drug-likeness (QED) is 0.283. The molecule has 0 radical (unpaired) electrons. The lowest BCUT2D eigenvalue weighted by atomic mass is 10.1. The van der Waals surface area contributed by atoms with Gasteiger partial charge in [0.05, 0.1) is 30.0 Å². The third-order valence-electron chi connectivity index (χ3n) is 4.51. The van der Waals surface area contributed by atoms with E-state index in [1.54, 1.807) is 79.9 Å². The fraction of sp³-hybridized carbons (Fsp3) is 0.0435. The molecule has 148 valence electrons. The summed E-state index contributed by atoms with van der Waals surface area (Å²) in [6.07, 6.45) is 1.40. The molecule has 0 fully saturated rings. The van der Waals surface area contributed by atoms with E-state index < -0.39 is 17.8 Å². The van der Waals surface area contributed by atoms with Crippen LogP contribution in [0.3, 0.4) is 0 Å². The molecule has 3 aromatic carbocycles. The summed E-state index contributed by atoms with van der Waals surface area (Å²) in [4.78, 5) is 36.8. The molecule has 1 aliphatic heterocycles. The monoisotopic (exact) mass is 400 g/mol. The second kappa shape index (κ2) is 8.00. The number of hydrogen-bond acceptors (Lipinski definition) is 6. The standard InChI is InChI=1S/C23H16N2O5/c1-29-17-12-8-16(9-13-17)23(28)30-18-10-6-15(7-11-18)14-24-25-21(26)19-4-2-3-5-20(19)22(25)27/h2-14H,1H3. The van der Waals surface area contributed by atoms with Crippen molar-refractivity contribution in [1.29, 1.82) is 0 Å². The topological polar surface area (TPSA) is 85.3 Å². The second-order valence-electron chi connectivity index (χ2n) is 6.40. The highest BCUT2D eigenvalue weighted by Gasteiger charge is 2.35. The first-order chi connectivity index (χ1) is 14.6. The van der Waals surface area contributed by atoms with Crippen molar-refractivity contribution in [1.82, 2.24) is 5.01 Å². The summed E-state index contributed by atoms with van der Waals surface area (Å²) in [5, 5.41) is 4.85. The van der Waals surface area contributed by atoms with Crippen molar-refractivity contribution in [3.8, 4) is 11.5 Å². The van der Waals surface area contributed by atoms with Gasteiger partial charge in [0.1, 0.15) is 11.5 Å². The molecule has 0 aliphatic carbocycles. The van der Waals surface area contributed by atoms with Crippen LogP contribution in [0.5, 0.6) is 11.5 Å². The van der Waals surface area contributed by atoms with Gasteiger partial charge >= 0.3 is 5.97 Å². The van der Waals surface area contributed by atoms with Gasteiger partial charge in [-0.1, -0.05) is 12.1 Å². The molecule has 1 heterocycles. The maximum atomic E-state index is 12.3. The molecule has 0 bridgehead atoms. The van der Waals surface area contributed by atoms with Gasteiger partial charge in [-0.25, -0.2) is 4.79 Å². The Balaban J connectivity index is 1.42. The van der Waals surface area contributed by atoms with Crippen molar-refractivity contribution in [2.75, 3.05) is 7.11 Å². The van der Waals surface area contributed by atoms with Crippen molar-refractivity contribution < 1.29 is 23.9 Å². The van der Waals surface area contributed by atoms with Crippen LogP contribution in [0, 0.1) is 0 Å². The molecule has 7 nitrogen and oxygen atoms in total. The second-order valence-corrected chi connectivity index (χ2v) is 6.40. The molecule has 0 aromatic heterocycles. The van der Waals surface area contributed by atoms with Gasteiger partial charge < -0.3 is 9.47 Å². The molecular weight excluding hydrogens is 384 g/mol. The molecule has 1 aliphatic rings. The predicted octanol–water partition coefficient (Wildman–Crippen LogP) is 3.54. The maximum Gasteiger partial charge on any atom is 0.343 e. The zero-order valence-electron chi connectivity index (χ0n) is 15.9. The van der Waals surface area contributed by atoms with Crippen LogP contribution in [-0.4, -0.2) is 36.1 Å². The fourth-order valence-electron chi connectivity index (χ4n) is 2.92. The molecule has 3 aromatic rings. The van der Waals surface area contributed by atoms with Crippen LogP contribution in [0.1, 0.15) is 36.6 Å². The third kappa shape index (κ3) is 3.68. The third-order valence-corrected chi connectivity index (χ3v) is 4.51. The van der Waals surface area contributed by atoms with E-state index in [1.165, 1.54) is 6.21 Å². The van der Waals surface area contributed by atoms with Gasteiger partial charge in [-0.15, -0.1) is 0 Å². The number of nitrogens with zero attached hydrogens (tertiary/aromatic N) is 2. The zero-order chi connectivity index (χ0) is 21.1. The molecule has 0 saturated heterocycles. The summed E-state index contributed by atoms with van der Waals surface area (Å²) in [5.74, 6) is -0.416. The minimum atomic E-state index is -0.495. The largest absolute Gasteiger partial charge is 0.497 e. The molecule has 4 rings (SSSR count). The van der Waals surface area contributed by atoms with Crippen LogP contribution in [0.2, 0.25) is 0 Å². The van der Waals surface area contributed by atoms with Gasteiger partial charge in [-0.3, -0.25) is 9.59 Å². The summed E-state index contributed by atoms with van der Waals surface area (Å²) in [5.41, 5.74) is 1.70. The van der Waals surface area contributed by atoms with Gasteiger partial charge in [0.2, 0.25) is 0 Å². The number of fused-ring (bicyclic) bond motifs is 1. The number of hydrogen-bond donors (Lipinski definition) is 0. The highest BCUT2D eigenvalue weighted by Crippen LogP contribution is 2.22. The predicted molar refractivity (Wildman–Crippen MR) is 109 cm³/mol. The van der Waals surface area contributed by atoms with E-state index in [2.05, 4.69) is 5.10 Å². The first-order valence-corrected chi connectivity index (χ1v) is 9.05. The molecule has 30 heavy (non-hydrogen) atoms. The number of rotatable bonds is 5. The van der Waals surface area contributed by atoms with Crippen LogP contribution in [0.4, 0.5) is 0 Å². The highest BCUT2D eigenvalue weighted by molar-refractivity contribution is 6.21. The molecule has 0 saturated carbocycles. The Morgan fingerprint density at radius 3 is 1.97 bits per heavy atom. The fourth-order valence-corrected chi connectivity index (χ4v) is 2.92. The number of carbonyl (C=O) groups excluding carboxylic acids is 3. The van der Waals surface area contributed by atoms with Gasteiger partial charge in [0.15, 0.2) is 0 Å². The summed E-state index contributed by atoms with van der Waals surface area (Å²) in [6.45, 7) is 0. The van der Waals surface area contributed by atoms with E-state index in [4.69, 9.17) is 9.47 Å². The first kappa shape index (κ1) is 19.1. The smallest absolute Gasteiger partial charge is 0.343 e. The van der Waals surface area contributed by atoms with Crippen molar-refractivity contribution >= 4 is 24.0 Å². The van der Waals surface area contributed by atoms with E-state index in [9.17, 15) is 14.4 Å². The molecular formula is C23H16N2O5. The average molecular weight is 400 g/mol. The van der Waals surface area contributed by atoms with E-state index in [-0.39, 0.29) is 0 Å². The maximum absolute atomic E-state index is 12.3. The molecule has 2 amide bonds. The number of amides is 2.